The Morgan fingerprint density at radius 1 is 1.16 bits per heavy atom. The van der Waals surface area contributed by atoms with Gasteiger partial charge in [0.25, 0.3) is 6.43 Å². The number of aliphatic hydroxyl groups excluding tert-OH is 1. The standard InChI is InChI=1S/C10H11F4NO3S/c11-7-3-8(12)5-9(4-7)19(17,18)15(1-2-16)6-10(13)14/h3-5,10,16H,1-2,6H2. The van der Waals surface area contributed by atoms with Crippen LogP contribution < -0.4 is 0 Å². The number of hydrogen-bond acceptors (Lipinski definition) is 3. The fraction of sp³-hybridized carbons (Fsp3) is 0.400. The Morgan fingerprint density at radius 2 is 1.68 bits per heavy atom. The molecule has 4 nitrogen and oxygen atoms in total. The van der Waals surface area contributed by atoms with E-state index in [9.17, 15) is 26.0 Å². The summed E-state index contributed by atoms with van der Waals surface area (Å²) in [6.07, 6.45) is -2.97. The molecule has 0 amide bonds. The van der Waals surface area contributed by atoms with Crippen LogP contribution in [0.4, 0.5) is 17.6 Å². The molecule has 0 aliphatic heterocycles. The van der Waals surface area contributed by atoms with Crippen molar-refractivity contribution in [1.29, 1.82) is 0 Å². The lowest BCUT2D eigenvalue weighted by Gasteiger charge is -2.20. The molecule has 9 heteroatoms. The van der Waals surface area contributed by atoms with E-state index in [4.69, 9.17) is 5.11 Å². The molecule has 0 aliphatic carbocycles. The highest BCUT2D eigenvalue weighted by Crippen LogP contribution is 2.19. The van der Waals surface area contributed by atoms with E-state index in [1.165, 1.54) is 0 Å². The molecular formula is C10H11F4NO3S. The van der Waals surface area contributed by atoms with Crippen molar-refractivity contribution in [3.63, 3.8) is 0 Å². The third-order valence-corrected chi connectivity index (χ3v) is 4.01. The average molecular weight is 301 g/mol. The number of aliphatic hydroxyl groups is 1. The van der Waals surface area contributed by atoms with Gasteiger partial charge in [-0.25, -0.2) is 26.0 Å². The Labute approximate surface area is 107 Å². The quantitative estimate of drug-likeness (QED) is 0.804. The molecule has 1 rings (SSSR count). The lowest BCUT2D eigenvalue weighted by molar-refractivity contribution is 0.113. The molecule has 108 valence electrons. The molecule has 19 heavy (non-hydrogen) atoms. The summed E-state index contributed by atoms with van der Waals surface area (Å²) in [7, 11) is -4.49. The van der Waals surface area contributed by atoms with Crippen molar-refractivity contribution in [3.8, 4) is 0 Å². The monoisotopic (exact) mass is 301 g/mol. The first-order valence-electron chi connectivity index (χ1n) is 5.12. The second-order valence-corrected chi connectivity index (χ2v) is 5.52. The molecule has 0 spiro atoms. The zero-order chi connectivity index (χ0) is 14.6. The minimum absolute atomic E-state index is 0.270. The van der Waals surface area contributed by atoms with Gasteiger partial charge in [0.15, 0.2) is 0 Å². The van der Waals surface area contributed by atoms with Crippen LogP contribution in [0.2, 0.25) is 0 Å². The van der Waals surface area contributed by atoms with Gasteiger partial charge in [-0.15, -0.1) is 0 Å². The van der Waals surface area contributed by atoms with E-state index in [-0.39, 0.29) is 4.31 Å². The van der Waals surface area contributed by atoms with Crippen molar-refractivity contribution in [2.45, 2.75) is 11.3 Å². The van der Waals surface area contributed by atoms with Gasteiger partial charge in [-0.1, -0.05) is 0 Å². The third-order valence-electron chi connectivity index (χ3n) is 2.16. The van der Waals surface area contributed by atoms with Crippen LogP contribution in [0.1, 0.15) is 0 Å². The van der Waals surface area contributed by atoms with Crippen LogP contribution in [0.3, 0.4) is 0 Å². The predicted octanol–water partition coefficient (Wildman–Crippen LogP) is 1.21. The Morgan fingerprint density at radius 3 is 2.11 bits per heavy atom. The zero-order valence-electron chi connectivity index (χ0n) is 9.56. The van der Waals surface area contributed by atoms with Gasteiger partial charge >= 0.3 is 0 Å². The van der Waals surface area contributed by atoms with Crippen molar-refractivity contribution in [1.82, 2.24) is 4.31 Å². The van der Waals surface area contributed by atoms with E-state index >= 15 is 0 Å². The summed E-state index contributed by atoms with van der Waals surface area (Å²) in [5.41, 5.74) is 0. The summed E-state index contributed by atoms with van der Waals surface area (Å²) in [6, 6.07) is 1.50. The number of halogens is 4. The second kappa shape index (κ2) is 6.31. The molecule has 0 unspecified atom stereocenters. The van der Waals surface area contributed by atoms with Gasteiger partial charge in [-0.2, -0.15) is 4.31 Å². The predicted molar refractivity (Wildman–Crippen MR) is 58.2 cm³/mol. The lowest BCUT2D eigenvalue weighted by Crippen LogP contribution is -2.37. The van der Waals surface area contributed by atoms with Crippen molar-refractivity contribution in [2.75, 3.05) is 19.7 Å². The van der Waals surface area contributed by atoms with Gasteiger partial charge in [0.2, 0.25) is 10.0 Å². The van der Waals surface area contributed by atoms with E-state index in [1.807, 2.05) is 0 Å². The minimum atomic E-state index is -4.49. The summed E-state index contributed by atoms with van der Waals surface area (Å²) in [5, 5.41) is 8.67. The largest absolute Gasteiger partial charge is 0.395 e. The summed E-state index contributed by atoms with van der Waals surface area (Å²) in [5.74, 6) is -2.28. The van der Waals surface area contributed by atoms with Crippen LogP contribution in [0.25, 0.3) is 0 Å². The third kappa shape index (κ3) is 4.15. The molecule has 0 radical (unpaired) electrons. The fourth-order valence-electron chi connectivity index (χ4n) is 1.40. The highest BCUT2D eigenvalue weighted by atomic mass is 32.2. The van der Waals surface area contributed by atoms with Gasteiger partial charge < -0.3 is 5.11 Å². The molecule has 1 aromatic carbocycles. The number of hydrogen-bond donors (Lipinski definition) is 1. The van der Waals surface area contributed by atoms with E-state index in [2.05, 4.69) is 0 Å². The van der Waals surface area contributed by atoms with E-state index in [0.717, 1.165) is 0 Å². The fourth-order valence-corrected chi connectivity index (χ4v) is 2.85. The zero-order valence-corrected chi connectivity index (χ0v) is 10.4. The molecular weight excluding hydrogens is 290 g/mol. The van der Waals surface area contributed by atoms with Crippen molar-refractivity contribution < 1.29 is 31.1 Å². The molecule has 1 N–H and O–H groups in total. The molecule has 0 bridgehead atoms. The number of sulfonamides is 1. The van der Waals surface area contributed by atoms with Gasteiger partial charge in [0.1, 0.15) is 11.6 Å². The van der Waals surface area contributed by atoms with Gasteiger partial charge in [-0.05, 0) is 12.1 Å². The van der Waals surface area contributed by atoms with Crippen molar-refractivity contribution in [2.24, 2.45) is 0 Å². The normalized spacial score (nSPS) is 12.4. The lowest BCUT2D eigenvalue weighted by atomic mass is 10.3. The maximum atomic E-state index is 12.9. The first-order chi connectivity index (χ1) is 8.77. The molecule has 0 atom stereocenters. The number of rotatable bonds is 6. The van der Waals surface area contributed by atoms with Crippen LogP contribution in [-0.4, -0.2) is 44.0 Å². The Kier molecular flexibility index (Phi) is 5.27. The molecule has 0 aromatic heterocycles. The Balaban J connectivity index is 3.18. The Hall–Kier alpha value is -1.19. The van der Waals surface area contributed by atoms with Crippen LogP contribution >= 0.6 is 0 Å². The molecule has 0 saturated carbocycles. The number of nitrogens with zero attached hydrogens (tertiary/aromatic N) is 1. The summed E-state index contributed by atoms with van der Waals surface area (Å²) in [6.45, 7) is -2.45. The van der Waals surface area contributed by atoms with E-state index in [0.29, 0.717) is 18.2 Å². The van der Waals surface area contributed by atoms with Crippen molar-refractivity contribution in [3.05, 3.63) is 29.8 Å². The SMILES string of the molecule is O=S(=O)(c1cc(F)cc(F)c1)N(CCO)CC(F)F. The summed E-state index contributed by atoms with van der Waals surface area (Å²) in [4.78, 5) is -0.779. The molecule has 0 fully saturated rings. The van der Waals surface area contributed by atoms with Gasteiger partial charge in [0, 0.05) is 12.6 Å². The summed E-state index contributed by atoms with van der Waals surface area (Å²) < 4.78 is 74.5. The maximum Gasteiger partial charge on any atom is 0.252 e. The van der Waals surface area contributed by atoms with E-state index < -0.39 is 52.7 Å². The van der Waals surface area contributed by atoms with Crippen LogP contribution in [0.5, 0.6) is 0 Å². The van der Waals surface area contributed by atoms with Crippen molar-refractivity contribution >= 4 is 10.0 Å². The average Bonchev–Trinajstić information content (AvgIpc) is 2.26. The van der Waals surface area contributed by atoms with E-state index in [1.54, 1.807) is 0 Å². The highest BCUT2D eigenvalue weighted by molar-refractivity contribution is 7.89. The highest BCUT2D eigenvalue weighted by Gasteiger charge is 2.27. The summed E-state index contributed by atoms with van der Waals surface area (Å²) >= 11 is 0. The van der Waals surface area contributed by atoms with Crippen LogP contribution in [0, 0.1) is 11.6 Å². The topological polar surface area (TPSA) is 57.6 Å². The number of alkyl halides is 2. The second-order valence-electron chi connectivity index (χ2n) is 3.58. The van der Waals surface area contributed by atoms with Crippen LogP contribution in [-0.2, 0) is 10.0 Å². The number of benzene rings is 1. The minimum Gasteiger partial charge on any atom is -0.395 e. The molecule has 0 saturated heterocycles. The first kappa shape index (κ1) is 15.9. The van der Waals surface area contributed by atoms with Gasteiger partial charge in [0.05, 0.1) is 18.0 Å². The molecule has 0 heterocycles. The maximum absolute atomic E-state index is 12.9. The smallest absolute Gasteiger partial charge is 0.252 e. The molecule has 0 aliphatic rings. The van der Waals surface area contributed by atoms with Gasteiger partial charge in [-0.3, -0.25) is 0 Å². The van der Waals surface area contributed by atoms with Crippen LogP contribution in [0.15, 0.2) is 23.1 Å². The Bertz CT molecular complexity index is 515. The first-order valence-corrected chi connectivity index (χ1v) is 6.56. The molecule has 1 aromatic rings.